The van der Waals surface area contributed by atoms with E-state index in [1.54, 1.807) is 18.2 Å². The fourth-order valence-electron chi connectivity index (χ4n) is 2.97. The zero-order chi connectivity index (χ0) is 15.6. The largest absolute Gasteiger partial charge is 0.486 e. The molecule has 1 aromatic carbocycles. The van der Waals surface area contributed by atoms with Crippen LogP contribution in [0.4, 0.5) is 0 Å². The highest BCUT2D eigenvalue weighted by Gasteiger charge is 2.18. The van der Waals surface area contributed by atoms with Gasteiger partial charge in [-0.1, -0.05) is 0 Å². The van der Waals surface area contributed by atoms with Crippen molar-refractivity contribution in [1.82, 2.24) is 20.1 Å². The third kappa shape index (κ3) is 2.74. The molecule has 0 saturated carbocycles. The Balaban J connectivity index is 1.36. The summed E-state index contributed by atoms with van der Waals surface area (Å²) in [6, 6.07) is 5.24. The number of hydrogen-bond acceptors (Lipinski definition) is 5. The number of nitrogens with one attached hydrogen (secondary N) is 1. The predicted molar refractivity (Wildman–Crippen MR) is 81.8 cm³/mol. The molecule has 0 saturated heterocycles. The number of ether oxygens (including phenoxy) is 2. The van der Waals surface area contributed by atoms with Gasteiger partial charge in [0.2, 0.25) is 0 Å². The molecule has 0 spiro atoms. The van der Waals surface area contributed by atoms with E-state index in [1.807, 2.05) is 0 Å². The van der Waals surface area contributed by atoms with Crippen molar-refractivity contribution in [2.24, 2.45) is 0 Å². The maximum atomic E-state index is 12.2. The lowest BCUT2D eigenvalue weighted by Gasteiger charge is -2.18. The van der Waals surface area contributed by atoms with Gasteiger partial charge < -0.3 is 19.4 Å². The summed E-state index contributed by atoms with van der Waals surface area (Å²) in [5, 5.41) is 11.3. The minimum Gasteiger partial charge on any atom is -0.486 e. The summed E-state index contributed by atoms with van der Waals surface area (Å²) < 4.78 is 13.1. The second-order valence-electron chi connectivity index (χ2n) is 5.65. The minimum absolute atomic E-state index is 0.122. The molecule has 0 bridgehead atoms. The Kier molecular flexibility index (Phi) is 3.61. The molecule has 3 heterocycles. The topological polar surface area (TPSA) is 78.3 Å². The third-order valence-electron chi connectivity index (χ3n) is 4.12. The van der Waals surface area contributed by atoms with Crippen LogP contribution in [0, 0.1) is 0 Å². The van der Waals surface area contributed by atoms with Crippen LogP contribution in [0.15, 0.2) is 18.2 Å². The van der Waals surface area contributed by atoms with Crippen molar-refractivity contribution in [3.8, 4) is 11.5 Å². The highest BCUT2D eigenvalue weighted by molar-refractivity contribution is 5.94. The van der Waals surface area contributed by atoms with Crippen LogP contribution in [-0.2, 0) is 19.4 Å². The normalized spacial score (nSPS) is 15.3. The smallest absolute Gasteiger partial charge is 0.251 e. The second-order valence-corrected chi connectivity index (χ2v) is 5.65. The number of fused-ring (bicyclic) bond motifs is 2. The van der Waals surface area contributed by atoms with Gasteiger partial charge in [0.1, 0.15) is 24.9 Å². The van der Waals surface area contributed by atoms with Crippen molar-refractivity contribution in [1.29, 1.82) is 0 Å². The number of benzene rings is 1. The van der Waals surface area contributed by atoms with Gasteiger partial charge in [-0.3, -0.25) is 4.79 Å². The zero-order valence-corrected chi connectivity index (χ0v) is 12.7. The highest BCUT2D eigenvalue weighted by Crippen LogP contribution is 2.30. The Hall–Kier alpha value is -2.57. The fourth-order valence-corrected chi connectivity index (χ4v) is 2.97. The van der Waals surface area contributed by atoms with Gasteiger partial charge in [0, 0.05) is 31.5 Å². The molecule has 2 aliphatic rings. The molecule has 4 rings (SSSR count). The van der Waals surface area contributed by atoms with E-state index in [2.05, 4.69) is 20.1 Å². The summed E-state index contributed by atoms with van der Waals surface area (Å²) in [5.41, 5.74) is 0.570. The van der Waals surface area contributed by atoms with E-state index in [0.717, 1.165) is 31.0 Å². The van der Waals surface area contributed by atoms with Crippen molar-refractivity contribution >= 4 is 5.91 Å². The molecule has 0 fully saturated rings. The first-order valence-electron chi connectivity index (χ1n) is 7.90. The van der Waals surface area contributed by atoms with Crippen molar-refractivity contribution < 1.29 is 14.3 Å². The summed E-state index contributed by atoms with van der Waals surface area (Å²) in [5.74, 6) is 3.19. The quantitative estimate of drug-likeness (QED) is 0.910. The number of carbonyl (C=O) groups is 1. The molecule has 1 aromatic heterocycles. The molecule has 120 valence electrons. The molecule has 0 atom stereocenters. The Labute approximate surface area is 133 Å². The van der Waals surface area contributed by atoms with Gasteiger partial charge in [-0.2, -0.15) is 0 Å². The molecular formula is C16H18N4O3. The van der Waals surface area contributed by atoms with Crippen LogP contribution in [0.25, 0.3) is 0 Å². The number of amides is 1. The maximum absolute atomic E-state index is 12.2. The summed E-state index contributed by atoms with van der Waals surface area (Å²) in [6.45, 7) is 2.57. The molecule has 0 unspecified atom stereocenters. The van der Waals surface area contributed by atoms with E-state index in [1.165, 1.54) is 0 Å². The molecule has 2 aliphatic heterocycles. The lowest BCUT2D eigenvalue weighted by molar-refractivity contribution is 0.0952. The van der Waals surface area contributed by atoms with Crippen LogP contribution in [0.2, 0.25) is 0 Å². The summed E-state index contributed by atoms with van der Waals surface area (Å²) >= 11 is 0. The van der Waals surface area contributed by atoms with Gasteiger partial charge in [-0.15, -0.1) is 10.2 Å². The predicted octanol–water partition coefficient (Wildman–Crippen LogP) is 0.968. The Morgan fingerprint density at radius 3 is 3.00 bits per heavy atom. The first-order valence-corrected chi connectivity index (χ1v) is 7.90. The molecule has 2 aromatic rings. The third-order valence-corrected chi connectivity index (χ3v) is 4.12. The zero-order valence-electron chi connectivity index (χ0n) is 12.7. The average molecular weight is 314 g/mol. The number of carbonyl (C=O) groups excluding carboxylic acids is 1. The monoisotopic (exact) mass is 314 g/mol. The van der Waals surface area contributed by atoms with E-state index in [9.17, 15) is 4.79 Å². The van der Waals surface area contributed by atoms with Crippen LogP contribution in [0.1, 0.15) is 28.4 Å². The van der Waals surface area contributed by atoms with Crippen LogP contribution < -0.4 is 14.8 Å². The van der Waals surface area contributed by atoms with Crippen LogP contribution >= 0.6 is 0 Å². The molecule has 0 radical (unpaired) electrons. The first-order chi connectivity index (χ1) is 11.3. The summed E-state index contributed by atoms with van der Waals surface area (Å²) in [6.07, 6.45) is 2.81. The Bertz CT molecular complexity index is 741. The number of aromatic nitrogens is 3. The van der Waals surface area contributed by atoms with Gasteiger partial charge in [0.25, 0.3) is 5.91 Å². The van der Waals surface area contributed by atoms with Crippen molar-refractivity contribution in [3.63, 3.8) is 0 Å². The van der Waals surface area contributed by atoms with Gasteiger partial charge in [0.05, 0.1) is 0 Å². The average Bonchev–Trinajstić information content (AvgIpc) is 3.19. The van der Waals surface area contributed by atoms with Gasteiger partial charge in [-0.05, 0) is 24.6 Å². The molecular weight excluding hydrogens is 296 g/mol. The van der Waals surface area contributed by atoms with E-state index < -0.39 is 0 Å². The van der Waals surface area contributed by atoms with E-state index in [-0.39, 0.29) is 5.91 Å². The number of rotatable bonds is 4. The minimum atomic E-state index is -0.122. The van der Waals surface area contributed by atoms with E-state index >= 15 is 0 Å². The van der Waals surface area contributed by atoms with E-state index in [4.69, 9.17) is 9.47 Å². The first kappa shape index (κ1) is 14.0. The number of nitrogens with zero attached hydrogens (tertiary/aromatic N) is 3. The van der Waals surface area contributed by atoms with Crippen molar-refractivity contribution in [3.05, 3.63) is 35.4 Å². The Morgan fingerprint density at radius 2 is 2.09 bits per heavy atom. The summed E-state index contributed by atoms with van der Waals surface area (Å²) in [7, 11) is 0. The van der Waals surface area contributed by atoms with E-state index in [0.29, 0.717) is 43.2 Å². The lowest BCUT2D eigenvalue weighted by Crippen LogP contribution is -2.26. The van der Waals surface area contributed by atoms with Gasteiger partial charge in [-0.25, -0.2) is 0 Å². The molecule has 7 heteroatoms. The lowest BCUT2D eigenvalue weighted by atomic mass is 10.2. The van der Waals surface area contributed by atoms with Crippen LogP contribution in [0.3, 0.4) is 0 Å². The number of aryl methyl sites for hydroxylation is 1. The van der Waals surface area contributed by atoms with Crippen molar-refractivity contribution in [2.45, 2.75) is 25.8 Å². The Morgan fingerprint density at radius 1 is 1.22 bits per heavy atom. The summed E-state index contributed by atoms with van der Waals surface area (Å²) in [4.78, 5) is 12.2. The van der Waals surface area contributed by atoms with Crippen LogP contribution in [0.5, 0.6) is 11.5 Å². The van der Waals surface area contributed by atoms with Crippen molar-refractivity contribution in [2.75, 3.05) is 19.8 Å². The van der Waals surface area contributed by atoms with Gasteiger partial charge >= 0.3 is 0 Å². The maximum Gasteiger partial charge on any atom is 0.251 e. The molecule has 23 heavy (non-hydrogen) atoms. The van der Waals surface area contributed by atoms with Gasteiger partial charge in [0.15, 0.2) is 11.5 Å². The SMILES string of the molecule is O=C(NCCc1nnc2n1CCC2)c1ccc2c(c1)OCCO2. The molecule has 7 nitrogen and oxygen atoms in total. The molecule has 1 amide bonds. The fraction of sp³-hybridized carbons (Fsp3) is 0.438. The van der Waals surface area contributed by atoms with Crippen LogP contribution in [-0.4, -0.2) is 40.4 Å². The second kappa shape index (κ2) is 5.91. The number of hydrogen-bond donors (Lipinski definition) is 1. The standard InChI is InChI=1S/C16H18N4O3/c21-16(11-3-4-12-13(10-11)23-9-8-22-12)17-6-5-15-19-18-14-2-1-7-20(14)15/h3-4,10H,1-2,5-9H2,(H,17,21). The highest BCUT2D eigenvalue weighted by atomic mass is 16.6. The molecule has 1 N–H and O–H groups in total. The molecule has 0 aliphatic carbocycles.